The summed E-state index contributed by atoms with van der Waals surface area (Å²) in [7, 11) is 0. The molecule has 0 spiro atoms. The Bertz CT molecular complexity index is 666. The van der Waals surface area contributed by atoms with Crippen molar-refractivity contribution in [1.29, 1.82) is 0 Å². The number of fused-ring (bicyclic) bond motifs is 1. The molecular formula is C26H39FO. The molecule has 1 aromatic rings. The SMILES string of the molecule is CCCC1CCC(C2CCC(c3cc4c(c(F)c3C)OC(C)CC4)CC2)CC1. The monoisotopic (exact) mass is 386 g/mol. The topological polar surface area (TPSA) is 9.23 Å². The molecular weight excluding hydrogens is 347 g/mol. The first-order valence-electron chi connectivity index (χ1n) is 12.0. The molecule has 0 radical (unpaired) electrons. The zero-order valence-corrected chi connectivity index (χ0v) is 18.2. The van der Waals surface area contributed by atoms with Gasteiger partial charge in [-0.25, -0.2) is 4.39 Å². The van der Waals surface area contributed by atoms with Crippen LogP contribution < -0.4 is 4.74 Å². The molecule has 0 N–H and O–H groups in total. The molecule has 1 atom stereocenters. The van der Waals surface area contributed by atoms with E-state index in [1.807, 2.05) is 13.8 Å². The van der Waals surface area contributed by atoms with Crippen LogP contribution in [0.5, 0.6) is 5.75 Å². The minimum atomic E-state index is -0.0876. The maximum atomic E-state index is 15.0. The van der Waals surface area contributed by atoms with Gasteiger partial charge in [0, 0.05) is 0 Å². The van der Waals surface area contributed by atoms with Crippen molar-refractivity contribution in [2.24, 2.45) is 17.8 Å². The van der Waals surface area contributed by atoms with Gasteiger partial charge in [0.05, 0.1) is 6.10 Å². The average molecular weight is 387 g/mol. The van der Waals surface area contributed by atoms with Gasteiger partial charge in [-0.3, -0.25) is 0 Å². The Kier molecular flexibility index (Phi) is 6.33. The fourth-order valence-corrected chi connectivity index (χ4v) is 6.41. The minimum absolute atomic E-state index is 0.0876. The van der Waals surface area contributed by atoms with E-state index in [9.17, 15) is 0 Å². The standard InChI is InChI=1S/C26H39FO/c1-4-5-19-7-10-20(11-8-19)21-12-14-22(15-13-21)24-16-23-9-6-17(2)28-26(23)25(27)18(24)3/h16-17,19-22H,4-15H2,1-3H3. The molecule has 0 saturated heterocycles. The maximum absolute atomic E-state index is 15.0. The number of halogens is 1. The summed E-state index contributed by atoms with van der Waals surface area (Å²) in [5.74, 6) is 3.89. The highest BCUT2D eigenvalue weighted by Crippen LogP contribution is 2.46. The molecule has 156 valence electrons. The van der Waals surface area contributed by atoms with Gasteiger partial charge in [-0.2, -0.15) is 0 Å². The van der Waals surface area contributed by atoms with Crippen LogP contribution in [0.1, 0.15) is 107 Å². The molecule has 2 aliphatic carbocycles. The van der Waals surface area contributed by atoms with Crippen LogP contribution in [0.25, 0.3) is 0 Å². The molecule has 0 bridgehead atoms. The first-order chi connectivity index (χ1) is 13.6. The molecule has 0 amide bonds. The normalized spacial score (nSPS) is 33.2. The third kappa shape index (κ3) is 4.12. The fourth-order valence-electron chi connectivity index (χ4n) is 6.41. The quantitative estimate of drug-likeness (QED) is 0.514. The molecule has 0 aromatic heterocycles. The summed E-state index contributed by atoms with van der Waals surface area (Å²) in [5.41, 5.74) is 3.23. The summed E-state index contributed by atoms with van der Waals surface area (Å²) in [6.07, 6.45) is 15.9. The molecule has 1 aromatic carbocycles. The van der Waals surface area contributed by atoms with E-state index in [2.05, 4.69) is 13.0 Å². The molecule has 2 saturated carbocycles. The van der Waals surface area contributed by atoms with Crippen LogP contribution in [0.2, 0.25) is 0 Å². The number of rotatable bonds is 4. The average Bonchev–Trinajstić information content (AvgIpc) is 2.72. The molecule has 4 rings (SSSR count). The molecule has 1 aliphatic heterocycles. The van der Waals surface area contributed by atoms with Gasteiger partial charge in [0.2, 0.25) is 0 Å². The van der Waals surface area contributed by atoms with Gasteiger partial charge in [0.1, 0.15) is 0 Å². The summed E-state index contributed by atoms with van der Waals surface area (Å²) < 4.78 is 20.8. The van der Waals surface area contributed by atoms with Crippen molar-refractivity contribution in [2.45, 2.75) is 110 Å². The second-order valence-electron chi connectivity index (χ2n) is 10.0. The number of hydrogen-bond acceptors (Lipinski definition) is 1. The van der Waals surface area contributed by atoms with Gasteiger partial charge < -0.3 is 4.74 Å². The Morgan fingerprint density at radius 1 is 0.964 bits per heavy atom. The lowest BCUT2D eigenvalue weighted by atomic mass is 9.67. The molecule has 2 heteroatoms. The van der Waals surface area contributed by atoms with Crippen molar-refractivity contribution in [3.63, 3.8) is 0 Å². The summed E-state index contributed by atoms with van der Waals surface area (Å²) in [6, 6.07) is 2.29. The third-order valence-corrected chi connectivity index (χ3v) is 8.19. The van der Waals surface area contributed by atoms with E-state index in [0.29, 0.717) is 11.7 Å². The Hall–Kier alpha value is -1.05. The molecule has 1 unspecified atom stereocenters. The molecule has 2 fully saturated rings. The molecule has 1 heterocycles. The van der Waals surface area contributed by atoms with Crippen LogP contribution in [0.4, 0.5) is 4.39 Å². The van der Waals surface area contributed by atoms with Crippen molar-refractivity contribution >= 4 is 0 Å². The Morgan fingerprint density at radius 2 is 1.61 bits per heavy atom. The molecule has 3 aliphatic rings. The smallest absolute Gasteiger partial charge is 0.168 e. The van der Waals surface area contributed by atoms with Crippen LogP contribution in [-0.2, 0) is 6.42 Å². The van der Waals surface area contributed by atoms with Crippen LogP contribution >= 0.6 is 0 Å². The van der Waals surface area contributed by atoms with Crippen molar-refractivity contribution in [3.05, 3.63) is 28.6 Å². The van der Waals surface area contributed by atoms with Crippen LogP contribution in [0, 0.1) is 30.5 Å². The van der Waals surface area contributed by atoms with Gasteiger partial charge in [-0.05, 0) is 106 Å². The first kappa shape index (κ1) is 20.2. The minimum Gasteiger partial charge on any atom is -0.487 e. The van der Waals surface area contributed by atoms with Crippen molar-refractivity contribution in [3.8, 4) is 5.75 Å². The lowest BCUT2D eigenvalue weighted by Gasteiger charge is -2.38. The van der Waals surface area contributed by atoms with Crippen molar-refractivity contribution in [1.82, 2.24) is 0 Å². The van der Waals surface area contributed by atoms with E-state index >= 15 is 4.39 Å². The number of aryl methyl sites for hydroxylation is 1. The third-order valence-electron chi connectivity index (χ3n) is 8.19. The van der Waals surface area contributed by atoms with Gasteiger partial charge in [0.15, 0.2) is 11.6 Å². The van der Waals surface area contributed by atoms with Gasteiger partial charge in [-0.15, -0.1) is 0 Å². The van der Waals surface area contributed by atoms with E-state index < -0.39 is 0 Å². The van der Waals surface area contributed by atoms with Gasteiger partial charge >= 0.3 is 0 Å². The van der Waals surface area contributed by atoms with Crippen molar-refractivity contribution in [2.75, 3.05) is 0 Å². The van der Waals surface area contributed by atoms with E-state index in [1.54, 1.807) is 0 Å². The van der Waals surface area contributed by atoms with E-state index in [-0.39, 0.29) is 11.9 Å². The second kappa shape index (κ2) is 8.76. The fraction of sp³-hybridized carbons (Fsp3) is 0.769. The van der Waals surface area contributed by atoms with Crippen LogP contribution in [-0.4, -0.2) is 6.10 Å². The first-order valence-corrected chi connectivity index (χ1v) is 12.0. The lowest BCUT2D eigenvalue weighted by Crippen LogP contribution is -2.26. The molecule has 1 nitrogen and oxygen atoms in total. The highest BCUT2D eigenvalue weighted by atomic mass is 19.1. The second-order valence-corrected chi connectivity index (χ2v) is 10.0. The molecule has 28 heavy (non-hydrogen) atoms. The number of ether oxygens (including phenoxy) is 1. The van der Waals surface area contributed by atoms with E-state index in [0.717, 1.165) is 41.7 Å². The lowest BCUT2D eigenvalue weighted by molar-refractivity contribution is 0.156. The zero-order valence-electron chi connectivity index (χ0n) is 18.2. The Morgan fingerprint density at radius 3 is 2.25 bits per heavy atom. The van der Waals surface area contributed by atoms with Gasteiger partial charge in [-0.1, -0.05) is 38.7 Å². The van der Waals surface area contributed by atoms with Crippen molar-refractivity contribution < 1.29 is 9.13 Å². The number of hydrogen-bond donors (Lipinski definition) is 0. The summed E-state index contributed by atoms with van der Waals surface area (Å²) in [5, 5.41) is 0. The summed E-state index contributed by atoms with van der Waals surface area (Å²) in [4.78, 5) is 0. The van der Waals surface area contributed by atoms with E-state index in [4.69, 9.17) is 4.74 Å². The highest BCUT2D eigenvalue weighted by Gasteiger charge is 2.33. The number of benzene rings is 1. The largest absolute Gasteiger partial charge is 0.487 e. The zero-order chi connectivity index (χ0) is 19.7. The Balaban J connectivity index is 1.39. The predicted molar refractivity (Wildman–Crippen MR) is 115 cm³/mol. The summed E-state index contributed by atoms with van der Waals surface area (Å²) in [6.45, 7) is 6.34. The van der Waals surface area contributed by atoms with Crippen LogP contribution in [0.15, 0.2) is 6.07 Å². The predicted octanol–water partition coefficient (Wildman–Crippen LogP) is 7.73. The van der Waals surface area contributed by atoms with E-state index in [1.165, 1.54) is 69.8 Å². The van der Waals surface area contributed by atoms with Crippen LogP contribution in [0.3, 0.4) is 0 Å². The highest BCUT2D eigenvalue weighted by molar-refractivity contribution is 5.46. The van der Waals surface area contributed by atoms with Gasteiger partial charge in [0.25, 0.3) is 0 Å². The maximum Gasteiger partial charge on any atom is 0.168 e. The summed E-state index contributed by atoms with van der Waals surface area (Å²) >= 11 is 0. The Labute approximate surface area is 171 Å².